The molecule has 2 amide bonds. The molecule has 98 valence electrons. The molecule has 0 bridgehead atoms. The Morgan fingerprint density at radius 1 is 1.33 bits per heavy atom. The Hall–Kier alpha value is -1.88. The van der Waals surface area contributed by atoms with Crippen molar-refractivity contribution in [3.63, 3.8) is 0 Å². The van der Waals surface area contributed by atoms with Gasteiger partial charge in [-0.3, -0.25) is 9.59 Å². The van der Waals surface area contributed by atoms with Gasteiger partial charge in [-0.1, -0.05) is 0 Å². The van der Waals surface area contributed by atoms with Crippen LogP contribution in [0, 0.1) is 6.92 Å². The summed E-state index contributed by atoms with van der Waals surface area (Å²) in [5.74, 6) is -0.230. The fraction of sp³-hybridized carbons (Fsp3) is 0.385. The average Bonchev–Trinajstić information content (AvgIpc) is 2.32. The lowest BCUT2D eigenvalue weighted by Crippen LogP contribution is -2.23. The van der Waals surface area contributed by atoms with E-state index in [2.05, 4.69) is 10.6 Å². The summed E-state index contributed by atoms with van der Waals surface area (Å²) in [6.07, 6.45) is 0.289. The predicted molar refractivity (Wildman–Crippen MR) is 71.5 cm³/mol. The van der Waals surface area contributed by atoms with Crippen LogP contribution in [0.25, 0.3) is 0 Å². The number of anilines is 1. The van der Waals surface area contributed by atoms with Crippen molar-refractivity contribution in [1.29, 1.82) is 0 Å². The molecule has 18 heavy (non-hydrogen) atoms. The molecular weight excluding hydrogens is 230 g/mol. The molecule has 1 aromatic rings. The number of nitrogens with one attached hydrogen (secondary N) is 2. The maximum atomic E-state index is 11.6. The Morgan fingerprint density at radius 2 is 2.06 bits per heavy atom. The van der Waals surface area contributed by atoms with Crippen LogP contribution in [0.3, 0.4) is 0 Å². The first kappa shape index (κ1) is 14.2. The van der Waals surface area contributed by atoms with Crippen molar-refractivity contribution in [2.24, 2.45) is 5.73 Å². The summed E-state index contributed by atoms with van der Waals surface area (Å²) in [7, 11) is 0. The standard InChI is InChI=1S/C13H19N3O2/c1-3-15-13(18)10-4-5-11(9(2)8-10)16-12(17)6-7-14/h4-5,8H,3,6-7,14H2,1-2H3,(H,15,18)(H,16,17). The Bertz CT molecular complexity index is 444. The minimum atomic E-state index is -0.119. The van der Waals surface area contributed by atoms with Crippen LogP contribution in [0.1, 0.15) is 29.3 Å². The summed E-state index contributed by atoms with van der Waals surface area (Å²) < 4.78 is 0. The monoisotopic (exact) mass is 249 g/mol. The highest BCUT2D eigenvalue weighted by atomic mass is 16.2. The normalized spacial score (nSPS) is 9.94. The number of benzene rings is 1. The van der Waals surface area contributed by atoms with Gasteiger partial charge in [0.25, 0.3) is 5.91 Å². The zero-order chi connectivity index (χ0) is 13.5. The van der Waals surface area contributed by atoms with Crippen molar-refractivity contribution in [1.82, 2.24) is 5.32 Å². The molecule has 0 radical (unpaired) electrons. The topological polar surface area (TPSA) is 84.2 Å². The van der Waals surface area contributed by atoms with Crippen LogP contribution in [0.15, 0.2) is 18.2 Å². The third-order valence-corrected chi connectivity index (χ3v) is 2.47. The molecule has 0 heterocycles. The molecular formula is C13H19N3O2. The molecule has 0 aliphatic carbocycles. The first-order valence-corrected chi connectivity index (χ1v) is 5.97. The van der Waals surface area contributed by atoms with E-state index in [0.29, 0.717) is 24.3 Å². The second-order valence-electron chi connectivity index (χ2n) is 3.98. The van der Waals surface area contributed by atoms with Gasteiger partial charge in [-0.05, 0) is 37.6 Å². The summed E-state index contributed by atoms with van der Waals surface area (Å²) in [4.78, 5) is 23.0. The molecule has 0 atom stereocenters. The number of rotatable bonds is 5. The van der Waals surface area contributed by atoms with Crippen LogP contribution >= 0.6 is 0 Å². The van der Waals surface area contributed by atoms with Crippen molar-refractivity contribution in [3.8, 4) is 0 Å². The largest absolute Gasteiger partial charge is 0.352 e. The van der Waals surface area contributed by atoms with E-state index in [0.717, 1.165) is 5.56 Å². The molecule has 5 heteroatoms. The van der Waals surface area contributed by atoms with Gasteiger partial charge >= 0.3 is 0 Å². The molecule has 0 saturated heterocycles. The summed E-state index contributed by atoms with van der Waals surface area (Å²) in [5, 5.41) is 5.49. The molecule has 0 unspecified atom stereocenters. The molecule has 0 spiro atoms. The lowest BCUT2D eigenvalue weighted by atomic mass is 10.1. The third kappa shape index (κ3) is 3.85. The SMILES string of the molecule is CCNC(=O)c1ccc(NC(=O)CCN)c(C)c1. The first-order chi connectivity index (χ1) is 8.58. The van der Waals surface area contributed by atoms with E-state index in [9.17, 15) is 9.59 Å². The maximum absolute atomic E-state index is 11.6. The fourth-order valence-electron chi connectivity index (χ4n) is 1.55. The van der Waals surface area contributed by atoms with E-state index < -0.39 is 0 Å². The molecule has 4 N–H and O–H groups in total. The predicted octanol–water partition coefficient (Wildman–Crippen LogP) is 1.03. The van der Waals surface area contributed by atoms with E-state index >= 15 is 0 Å². The van der Waals surface area contributed by atoms with E-state index in [1.54, 1.807) is 18.2 Å². The zero-order valence-electron chi connectivity index (χ0n) is 10.7. The van der Waals surface area contributed by atoms with E-state index in [1.807, 2.05) is 13.8 Å². The van der Waals surface area contributed by atoms with Gasteiger partial charge in [0.15, 0.2) is 0 Å². The van der Waals surface area contributed by atoms with E-state index in [1.165, 1.54) is 0 Å². The molecule has 0 fully saturated rings. The van der Waals surface area contributed by atoms with Crippen molar-refractivity contribution < 1.29 is 9.59 Å². The number of hydrogen-bond donors (Lipinski definition) is 3. The van der Waals surface area contributed by atoms with Crippen molar-refractivity contribution in [2.45, 2.75) is 20.3 Å². The van der Waals surface area contributed by atoms with Crippen LogP contribution < -0.4 is 16.4 Å². The lowest BCUT2D eigenvalue weighted by Gasteiger charge is -2.09. The Morgan fingerprint density at radius 3 is 2.61 bits per heavy atom. The summed E-state index contributed by atoms with van der Waals surface area (Å²) >= 11 is 0. The van der Waals surface area contributed by atoms with Crippen molar-refractivity contribution in [2.75, 3.05) is 18.4 Å². The molecule has 0 aromatic heterocycles. The van der Waals surface area contributed by atoms with Crippen molar-refractivity contribution in [3.05, 3.63) is 29.3 Å². The first-order valence-electron chi connectivity index (χ1n) is 5.97. The lowest BCUT2D eigenvalue weighted by molar-refractivity contribution is -0.116. The molecule has 0 aliphatic rings. The maximum Gasteiger partial charge on any atom is 0.251 e. The molecule has 1 rings (SSSR count). The van der Waals surface area contributed by atoms with Crippen LogP contribution in [-0.2, 0) is 4.79 Å². The van der Waals surface area contributed by atoms with E-state index in [4.69, 9.17) is 5.73 Å². The minimum Gasteiger partial charge on any atom is -0.352 e. The minimum absolute atomic E-state index is 0.111. The number of carbonyl (C=O) groups is 2. The number of nitrogens with two attached hydrogens (primary N) is 1. The van der Waals surface area contributed by atoms with Gasteiger partial charge in [-0.25, -0.2) is 0 Å². The summed E-state index contributed by atoms with van der Waals surface area (Å²) in [6.45, 7) is 4.63. The average molecular weight is 249 g/mol. The molecule has 1 aromatic carbocycles. The van der Waals surface area contributed by atoms with Crippen LogP contribution in [-0.4, -0.2) is 24.9 Å². The quantitative estimate of drug-likeness (QED) is 0.728. The number of hydrogen-bond acceptors (Lipinski definition) is 3. The van der Waals surface area contributed by atoms with Gasteiger partial charge in [0.05, 0.1) is 0 Å². The summed E-state index contributed by atoms with van der Waals surface area (Å²) in [5.41, 5.74) is 7.45. The zero-order valence-corrected chi connectivity index (χ0v) is 10.7. The van der Waals surface area contributed by atoms with Gasteiger partial charge in [0.2, 0.25) is 5.91 Å². The number of carbonyl (C=O) groups excluding carboxylic acids is 2. The molecule has 0 saturated carbocycles. The molecule has 0 aliphatic heterocycles. The highest BCUT2D eigenvalue weighted by molar-refractivity contribution is 5.96. The van der Waals surface area contributed by atoms with E-state index in [-0.39, 0.29) is 18.2 Å². The highest BCUT2D eigenvalue weighted by Crippen LogP contribution is 2.16. The van der Waals surface area contributed by atoms with Crippen molar-refractivity contribution >= 4 is 17.5 Å². The number of aryl methyl sites for hydroxylation is 1. The second-order valence-corrected chi connectivity index (χ2v) is 3.98. The van der Waals surface area contributed by atoms with Crippen LogP contribution in [0.2, 0.25) is 0 Å². The Balaban J connectivity index is 2.79. The van der Waals surface area contributed by atoms with Gasteiger partial charge in [-0.15, -0.1) is 0 Å². The highest BCUT2D eigenvalue weighted by Gasteiger charge is 2.08. The van der Waals surface area contributed by atoms with Gasteiger partial charge in [-0.2, -0.15) is 0 Å². The van der Waals surface area contributed by atoms with Crippen LogP contribution in [0.4, 0.5) is 5.69 Å². The van der Waals surface area contributed by atoms with Gasteiger partial charge in [0.1, 0.15) is 0 Å². The van der Waals surface area contributed by atoms with Crippen LogP contribution in [0.5, 0.6) is 0 Å². The Labute approximate surface area is 107 Å². The fourth-order valence-corrected chi connectivity index (χ4v) is 1.55. The third-order valence-electron chi connectivity index (χ3n) is 2.47. The Kier molecular flexibility index (Phi) is 5.32. The molecule has 5 nitrogen and oxygen atoms in total. The van der Waals surface area contributed by atoms with Gasteiger partial charge < -0.3 is 16.4 Å². The van der Waals surface area contributed by atoms with Gasteiger partial charge in [0, 0.05) is 30.8 Å². The summed E-state index contributed by atoms with van der Waals surface area (Å²) in [6, 6.07) is 5.17. The second kappa shape index (κ2) is 6.76. The number of amides is 2. The smallest absolute Gasteiger partial charge is 0.251 e.